The zero-order chi connectivity index (χ0) is 18.4. The maximum atomic E-state index is 4.54. The summed E-state index contributed by atoms with van der Waals surface area (Å²) in [4.78, 5) is 13.2. The van der Waals surface area contributed by atoms with E-state index in [1.54, 1.807) is 0 Å². The molecule has 1 N–H and O–H groups in total. The van der Waals surface area contributed by atoms with Crippen LogP contribution in [0.25, 0.3) is 0 Å². The molecule has 2 heterocycles. The van der Waals surface area contributed by atoms with Gasteiger partial charge in [0.15, 0.2) is 5.96 Å². The third kappa shape index (κ3) is 6.80. The third-order valence-electron chi connectivity index (χ3n) is 5.50. The minimum Gasteiger partial charge on any atom is -0.355 e. The number of piperazine rings is 1. The minimum absolute atomic E-state index is 0. The van der Waals surface area contributed by atoms with Gasteiger partial charge in [-0.2, -0.15) is 0 Å². The Hall–Kier alpha value is -0.510. The molecule has 2 fully saturated rings. The van der Waals surface area contributed by atoms with Crippen molar-refractivity contribution in [1.29, 1.82) is 0 Å². The van der Waals surface area contributed by atoms with Gasteiger partial charge in [-0.05, 0) is 38.6 Å². The maximum Gasteiger partial charge on any atom is 0.193 e. The van der Waals surface area contributed by atoms with Crippen molar-refractivity contribution in [2.45, 2.75) is 17.4 Å². The molecule has 0 spiro atoms. The van der Waals surface area contributed by atoms with Crippen molar-refractivity contribution < 1.29 is 0 Å². The number of thioether (sulfide) groups is 1. The van der Waals surface area contributed by atoms with E-state index >= 15 is 0 Å². The van der Waals surface area contributed by atoms with Gasteiger partial charge in [0.1, 0.15) is 0 Å². The summed E-state index contributed by atoms with van der Waals surface area (Å²) in [5.41, 5.74) is 0. The number of guanidine groups is 1. The standard InChI is InChI=1S/C20H33N5S.HI/c1-21-20(22-13-18-15-23(2)11-12-24(18)3)25-10-9-17(14-25)16-26-19-7-5-4-6-8-19;/h4-8,17-18H,9-16H2,1-3H3,(H,21,22);1H. The summed E-state index contributed by atoms with van der Waals surface area (Å²) >= 11 is 1.98. The number of nitrogens with zero attached hydrogens (tertiary/aromatic N) is 4. The fraction of sp³-hybridized carbons (Fsp3) is 0.650. The first-order valence-corrected chi connectivity index (χ1v) is 10.7. The van der Waals surface area contributed by atoms with Gasteiger partial charge >= 0.3 is 0 Å². The van der Waals surface area contributed by atoms with Crippen LogP contribution in [0.4, 0.5) is 0 Å². The van der Waals surface area contributed by atoms with Gasteiger partial charge in [0.2, 0.25) is 0 Å². The number of hydrogen-bond donors (Lipinski definition) is 1. The van der Waals surface area contributed by atoms with Gasteiger partial charge in [0.25, 0.3) is 0 Å². The third-order valence-corrected chi connectivity index (χ3v) is 6.75. The van der Waals surface area contributed by atoms with Crippen LogP contribution in [0, 0.1) is 5.92 Å². The Morgan fingerprint density at radius 2 is 1.93 bits per heavy atom. The SMILES string of the molecule is CN=C(NCC1CN(C)CCN1C)N1CCC(CSc2ccccc2)C1.I. The van der Waals surface area contributed by atoms with Crippen LogP contribution in [0.2, 0.25) is 0 Å². The molecule has 0 bridgehead atoms. The molecule has 2 unspecified atom stereocenters. The molecule has 152 valence electrons. The first-order valence-electron chi connectivity index (χ1n) is 9.68. The number of benzene rings is 1. The molecule has 27 heavy (non-hydrogen) atoms. The molecular formula is C20H34IN5S. The van der Waals surface area contributed by atoms with Crippen molar-refractivity contribution in [3.8, 4) is 0 Å². The Bertz CT molecular complexity index is 585. The summed E-state index contributed by atoms with van der Waals surface area (Å²) in [7, 11) is 6.35. The summed E-state index contributed by atoms with van der Waals surface area (Å²) in [6, 6.07) is 11.3. The maximum absolute atomic E-state index is 4.54. The van der Waals surface area contributed by atoms with Crippen LogP contribution in [-0.2, 0) is 0 Å². The molecule has 3 rings (SSSR count). The van der Waals surface area contributed by atoms with E-state index in [1.807, 2.05) is 18.8 Å². The topological polar surface area (TPSA) is 34.1 Å². The van der Waals surface area contributed by atoms with E-state index in [-0.39, 0.29) is 24.0 Å². The summed E-state index contributed by atoms with van der Waals surface area (Å²) in [5.74, 6) is 2.99. The first-order chi connectivity index (χ1) is 12.7. The molecule has 0 aliphatic carbocycles. The predicted molar refractivity (Wildman–Crippen MR) is 128 cm³/mol. The Labute approximate surface area is 186 Å². The molecule has 0 radical (unpaired) electrons. The Morgan fingerprint density at radius 3 is 2.67 bits per heavy atom. The van der Waals surface area contributed by atoms with E-state index in [2.05, 4.69) is 69.4 Å². The molecule has 1 aromatic carbocycles. The number of nitrogens with one attached hydrogen (secondary N) is 1. The number of halogens is 1. The Kier molecular flexibility index (Phi) is 9.69. The van der Waals surface area contributed by atoms with Gasteiger partial charge in [-0.25, -0.2) is 0 Å². The number of likely N-dealkylation sites (N-methyl/N-ethyl adjacent to an activating group) is 2. The predicted octanol–water partition coefficient (Wildman–Crippen LogP) is 2.54. The van der Waals surface area contributed by atoms with Gasteiger partial charge in [-0.1, -0.05) is 18.2 Å². The van der Waals surface area contributed by atoms with E-state index in [0.29, 0.717) is 6.04 Å². The molecule has 7 heteroatoms. The van der Waals surface area contributed by atoms with Crippen molar-refractivity contribution in [2.24, 2.45) is 10.9 Å². The molecule has 2 aliphatic heterocycles. The van der Waals surface area contributed by atoms with E-state index in [4.69, 9.17) is 0 Å². The molecule has 2 aliphatic rings. The van der Waals surface area contributed by atoms with Crippen LogP contribution in [0.15, 0.2) is 40.2 Å². The summed E-state index contributed by atoms with van der Waals surface area (Å²) in [6.45, 7) is 6.61. The van der Waals surface area contributed by atoms with E-state index in [9.17, 15) is 0 Å². The molecule has 2 saturated heterocycles. The van der Waals surface area contributed by atoms with Gasteiger partial charge in [0.05, 0.1) is 0 Å². The fourth-order valence-corrected chi connectivity index (χ4v) is 4.80. The van der Waals surface area contributed by atoms with Gasteiger partial charge in [-0.15, -0.1) is 35.7 Å². The Balaban J connectivity index is 0.00000261. The van der Waals surface area contributed by atoms with Gasteiger partial charge in [0, 0.05) is 63.0 Å². The number of likely N-dealkylation sites (tertiary alicyclic amines) is 1. The summed E-state index contributed by atoms with van der Waals surface area (Å²) < 4.78 is 0. The van der Waals surface area contributed by atoms with Crippen LogP contribution in [-0.4, -0.2) is 92.9 Å². The molecule has 2 atom stereocenters. The lowest BCUT2D eigenvalue weighted by atomic mass is 10.2. The highest BCUT2D eigenvalue weighted by atomic mass is 127. The monoisotopic (exact) mass is 503 g/mol. The van der Waals surface area contributed by atoms with E-state index < -0.39 is 0 Å². The van der Waals surface area contributed by atoms with Gasteiger partial charge in [-0.3, -0.25) is 9.89 Å². The lowest BCUT2D eigenvalue weighted by Gasteiger charge is -2.38. The molecule has 5 nitrogen and oxygen atoms in total. The summed E-state index contributed by atoms with van der Waals surface area (Å²) in [5, 5.41) is 3.63. The molecule has 0 aromatic heterocycles. The highest BCUT2D eigenvalue weighted by molar-refractivity contribution is 14.0. The second-order valence-corrected chi connectivity index (χ2v) is 8.64. The molecular weight excluding hydrogens is 469 g/mol. The molecule has 0 saturated carbocycles. The normalized spacial score (nSPS) is 24.7. The fourth-order valence-electron chi connectivity index (χ4n) is 3.76. The highest BCUT2D eigenvalue weighted by Crippen LogP contribution is 2.25. The van der Waals surface area contributed by atoms with E-state index in [1.165, 1.54) is 17.1 Å². The van der Waals surface area contributed by atoms with Crippen molar-refractivity contribution >= 4 is 41.7 Å². The zero-order valence-corrected chi connectivity index (χ0v) is 20.0. The molecule has 1 aromatic rings. The lowest BCUT2D eigenvalue weighted by molar-refractivity contribution is 0.116. The van der Waals surface area contributed by atoms with Crippen molar-refractivity contribution in [2.75, 3.05) is 66.2 Å². The molecule has 0 amide bonds. The van der Waals surface area contributed by atoms with Gasteiger partial charge < -0.3 is 15.1 Å². The first kappa shape index (κ1) is 22.8. The smallest absolute Gasteiger partial charge is 0.193 e. The van der Waals surface area contributed by atoms with Crippen LogP contribution in [0.1, 0.15) is 6.42 Å². The van der Waals surface area contributed by atoms with Crippen molar-refractivity contribution in [1.82, 2.24) is 20.0 Å². The lowest BCUT2D eigenvalue weighted by Crippen LogP contribution is -2.55. The van der Waals surface area contributed by atoms with Crippen LogP contribution >= 0.6 is 35.7 Å². The number of aliphatic imine (C=N–C) groups is 1. The second-order valence-electron chi connectivity index (χ2n) is 7.55. The van der Waals surface area contributed by atoms with Crippen LogP contribution < -0.4 is 5.32 Å². The van der Waals surface area contributed by atoms with Crippen molar-refractivity contribution in [3.63, 3.8) is 0 Å². The summed E-state index contributed by atoms with van der Waals surface area (Å²) in [6.07, 6.45) is 1.26. The van der Waals surface area contributed by atoms with Crippen LogP contribution in [0.3, 0.4) is 0 Å². The largest absolute Gasteiger partial charge is 0.355 e. The second kappa shape index (κ2) is 11.5. The van der Waals surface area contributed by atoms with Crippen molar-refractivity contribution in [3.05, 3.63) is 30.3 Å². The van der Waals surface area contributed by atoms with E-state index in [0.717, 1.165) is 51.1 Å². The minimum atomic E-state index is 0. The van der Waals surface area contributed by atoms with Crippen LogP contribution in [0.5, 0.6) is 0 Å². The zero-order valence-electron chi connectivity index (χ0n) is 16.8. The average Bonchev–Trinajstić information content (AvgIpc) is 3.13. The average molecular weight is 503 g/mol. The number of rotatable bonds is 5. The highest BCUT2D eigenvalue weighted by Gasteiger charge is 2.27. The quantitative estimate of drug-likeness (QED) is 0.289. The Morgan fingerprint density at radius 1 is 1.15 bits per heavy atom. The number of hydrogen-bond acceptors (Lipinski definition) is 4.